The zero-order valence-corrected chi connectivity index (χ0v) is 9.94. The highest BCUT2D eigenvalue weighted by Crippen LogP contribution is 2.03. The minimum atomic E-state index is -0.848. The van der Waals surface area contributed by atoms with Gasteiger partial charge in [-0.15, -0.1) is 0 Å². The first kappa shape index (κ1) is 14.4. The maximum atomic E-state index is 10.3. The third-order valence-electron chi connectivity index (χ3n) is 2.30. The standard InChI is InChI=1S/C11H23NO3/c1-9(2)6-7-12(3)8-10(13)4-5-11(14)15/h9-10,13H,4-8H2,1-3H3,(H,14,15). The number of hydrogen-bond acceptors (Lipinski definition) is 3. The van der Waals surface area contributed by atoms with Crippen molar-refractivity contribution in [1.82, 2.24) is 4.90 Å². The molecule has 4 nitrogen and oxygen atoms in total. The van der Waals surface area contributed by atoms with E-state index < -0.39 is 12.1 Å². The quantitative estimate of drug-likeness (QED) is 0.641. The topological polar surface area (TPSA) is 60.8 Å². The summed E-state index contributed by atoms with van der Waals surface area (Å²) in [7, 11) is 1.95. The van der Waals surface area contributed by atoms with Crippen LogP contribution in [0.15, 0.2) is 0 Å². The van der Waals surface area contributed by atoms with Crippen molar-refractivity contribution in [2.45, 2.75) is 39.2 Å². The van der Waals surface area contributed by atoms with Crippen LogP contribution in [0.3, 0.4) is 0 Å². The second-order valence-corrected chi connectivity index (χ2v) is 4.53. The summed E-state index contributed by atoms with van der Waals surface area (Å²) in [6.45, 7) is 5.82. The SMILES string of the molecule is CC(C)CCN(C)CC(O)CCC(=O)O. The molecule has 0 saturated carbocycles. The van der Waals surface area contributed by atoms with E-state index in [0.717, 1.165) is 13.0 Å². The van der Waals surface area contributed by atoms with Gasteiger partial charge >= 0.3 is 5.97 Å². The van der Waals surface area contributed by atoms with Crippen molar-refractivity contribution in [2.75, 3.05) is 20.1 Å². The lowest BCUT2D eigenvalue weighted by Gasteiger charge is -2.20. The maximum absolute atomic E-state index is 10.3. The zero-order chi connectivity index (χ0) is 11.8. The number of aliphatic hydroxyl groups is 1. The molecule has 0 aromatic rings. The van der Waals surface area contributed by atoms with Gasteiger partial charge < -0.3 is 15.1 Å². The second-order valence-electron chi connectivity index (χ2n) is 4.53. The molecule has 0 amide bonds. The predicted molar refractivity (Wildman–Crippen MR) is 59.8 cm³/mol. The van der Waals surface area contributed by atoms with Gasteiger partial charge in [-0.05, 0) is 32.4 Å². The molecule has 2 N–H and O–H groups in total. The van der Waals surface area contributed by atoms with Crippen molar-refractivity contribution < 1.29 is 15.0 Å². The lowest BCUT2D eigenvalue weighted by atomic mass is 10.1. The summed E-state index contributed by atoms with van der Waals surface area (Å²) in [6.07, 6.45) is 0.946. The minimum Gasteiger partial charge on any atom is -0.481 e. The Bertz CT molecular complexity index is 183. The molecule has 1 atom stereocenters. The summed E-state index contributed by atoms with van der Waals surface area (Å²) in [6, 6.07) is 0. The van der Waals surface area contributed by atoms with E-state index in [1.165, 1.54) is 0 Å². The molecule has 0 aliphatic carbocycles. The van der Waals surface area contributed by atoms with Crippen LogP contribution in [0.2, 0.25) is 0 Å². The lowest BCUT2D eigenvalue weighted by Crippen LogP contribution is -2.30. The van der Waals surface area contributed by atoms with Crippen LogP contribution in [0, 0.1) is 5.92 Å². The summed E-state index contributed by atoms with van der Waals surface area (Å²) in [5, 5.41) is 18.0. The van der Waals surface area contributed by atoms with Crippen molar-refractivity contribution in [3.05, 3.63) is 0 Å². The Morgan fingerprint density at radius 2 is 1.93 bits per heavy atom. The number of likely N-dealkylation sites (N-methyl/N-ethyl adjacent to an activating group) is 1. The summed E-state index contributed by atoms with van der Waals surface area (Å²) in [5.74, 6) is -0.192. The first-order valence-electron chi connectivity index (χ1n) is 5.50. The fraction of sp³-hybridized carbons (Fsp3) is 0.909. The molecule has 15 heavy (non-hydrogen) atoms. The Labute approximate surface area is 91.9 Å². The molecule has 0 aromatic carbocycles. The van der Waals surface area contributed by atoms with Gasteiger partial charge in [0.05, 0.1) is 6.10 Å². The maximum Gasteiger partial charge on any atom is 0.303 e. The molecule has 0 aromatic heterocycles. The van der Waals surface area contributed by atoms with Crippen molar-refractivity contribution in [1.29, 1.82) is 0 Å². The number of carbonyl (C=O) groups is 1. The van der Waals surface area contributed by atoms with E-state index in [9.17, 15) is 9.90 Å². The number of carboxylic acids is 1. The molecule has 0 aliphatic heterocycles. The Hall–Kier alpha value is -0.610. The van der Waals surface area contributed by atoms with Crippen molar-refractivity contribution in [2.24, 2.45) is 5.92 Å². The van der Waals surface area contributed by atoms with Crippen LogP contribution in [-0.4, -0.2) is 47.3 Å². The van der Waals surface area contributed by atoms with Crippen LogP contribution in [0.1, 0.15) is 33.1 Å². The smallest absolute Gasteiger partial charge is 0.303 e. The fourth-order valence-corrected chi connectivity index (χ4v) is 1.31. The summed E-state index contributed by atoms with van der Waals surface area (Å²) < 4.78 is 0. The number of hydrogen-bond donors (Lipinski definition) is 2. The Morgan fingerprint density at radius 1 is 1.33 bits per heavy atom. The van der Waals surface area contributed by atoms with E-state index in [1.807, 2.05) is 11.9 Å². The second kappa shape index (κ2) is 7.65. The molecule has 0 spiro atoms. The Balaban J connectivity index is 3.57. The van der Waals surface area contributed by atoms with Gasteiger partial charge in [0.25, 0.3) is 0 Å². The molecule has 90 valence electrons. The van der Waals surface area contributed by atoms with Gasteiger partial charge in [0.15, 0.2) is 0 Å². The third-order valence-corrected chi connectivity index (χ3v) is 2.30. The molecule has 0 bridgehead atoms. The molecule has 0 aliphatic rings. The van der Waals surface area contributed by atoms with E-state index in [-0.39, 0.29) is 6.42 Å². The normalized spacial score (nSPS) is 13.5. The highest BCUT2D eigenvalue weighted by Gasteiger charge is 2.10. The van der Waals surface area contributed by atoms with Gasteiger partial charge in [0, 0.05) is 13.0 Å². The first-order chi connectivity index (χ1) is 6.91. The van der Waals surface area contributed by atoms with Crippen molar-refractivity contribution in [3.63, 3.8) is 0 Å². The molecule has 4 heteroatoms. The van der Waals surface area contributed by atoms with E-state index >= 15 is 0 Å². The van der Waals surface area contributed by atoms with Gasteiger partial charge in [0.1, 0.15) is 0 Å². The monoisotopic (exact) mass is 217 g/mol. The third kappa shape index (κ3) is 9.69. The van der Waals surface area contributed by atoms with Crippen LogP contribution in [0.25, 0.3) is 0 Å². The molecule has 0 fully saturated rings. The fourth-order valence-electron chi connectivity index (χ4n) is 1.31. The Morgan fingerprint density at radius 3 is 2.40 bits per heavy atom. The average molecular weight is 217 g/mol. The number of rotatable bonds is 8. The van der Waals surface area contributed by atoms with Gasteiger partial charge in [-0.3, -0.25) is 4.79 Å². The molecule has 0 saturated heterocycles. The van der Waals surface area contributed by atoms with Gasteiger partial charge in [-0.1, -0.05) is 13.8 Å². The van der Waals surface area contributed by atoms with Crippen LogP contribution >= 0.6 is 0 Å². The van der Waals surface area contributed by atoms with Crippen LogP contribution in [-0.2, 0) is 4.79 Å². The van der Waals surface area contributed by atoms with Gasteiger partial charge in [-0.25, -0.2) is 0 Å². The molecule has 0 heterocycles. The van der Waals surface area contributed by atoms with Crippen LogP contribution in [0.4, 0.5) is 0 Å². The number of aliphatic carboxylic acids is 1. The van der Waals surface area contributed by atoms with Gasteiger partial charge in [0.2, 0.25) is 0 Å². The van der Waals surface area contributed by atoms with Crippen molar-refractivity contribution >= 4 is 5.97 Å². The highest BCUT2D eigenvalue weighted by molar-refractivity contribution is 5.66. The lowest BCUT2D eigenvalue weighted by molar-refractivity contribution is -0.137. The zero-order valence-electron chi connectivity index (χ0n) is 9.94. The molecule has 0 radical (unpaired) electrons. The van der Waals surface area contributed by atoms with E-state index in [1.54, 1.807) is 0 Å². The van der Waals surface area contributed by atoms with Crippen LogP contribution in [0.5, 0.6) is 0 Å². The summed E-state index contributed by atoms with van der Waals surface area (Å²) in [5.41, 5.74) is 0. The number of aliphatic hydroxyl groups excluding tert-OH is 1. The predicted octanol–water partition coefficient (Wildman–Crippen LogP) is 1.19. The van der Waals surface area contributed by atoms with Gasteiger partial charge in [-0.2, -0.15) is 0 Å². The van der Waals surface area contributed by atoms with E-state index in [0.29, 0.717) is 18.9 Å². The first-order valence-corrected chi connectivity index (χ1v) is 5.50. The van der Waals surface area contributed by atoms with E-state index in [4.69, 9.17) is 5.11 Å². The molecule has 0 rings (SSSR count). The largest absolute Gasteiger partial charge is 0.481 e. The molecule has 1 unspecified atom stereocenters. The molecular weight excluding hydrogens is 194 g/mol. The highest BCUT2D eigenvalue weighted by atomic mass is 16.4. The minimum absolute atomic E-state index is 0.0409. The Kier molecular flexibility index (Phi) is 7.34. The van der Waals surface area contributed by atoms with E-state index in [2.05, 4.69) is 13.8 Å². The van der Waals surface area contributed by atoms with Crippen LogP contribution < -0.4 is 0 Å². The number of carboxylic acid groups (broad SMARTS) is 1. The van der Waals surface area contributed by atoms with Crippen molar-refractivity contribution in [3.8, 4) is 0 Å². The number of nitrogens with zero attached hydrogens (tertiary/aromatic N) is 1. The average Bonchev–Trinajstić information content (AvgIpc) is 2.11. The summed E-state index contributed by atoms with van der Waals surface area (Å²) >= 11 is 0. The molecular formula is C11H23NO3. The summed E-state index contributed by atoms with van der Waals surface area (Å²) in [4.78, 5) is 12.3.